The first-order valence-corrected chi connectivity index (χ1v) is 11.3. The molecule has 8 nitrogen and oxygen atoms in total. The third-order valence-corrected chi connectivity index (χ3v) is 6.10. The van der Waals surface area contributed by atoms with Crippen LogP contribution in [-0.2, 0) is 4.79 Å². The Hall–Kier alpha value is -3.11. The van der Waals surface area contributed by atoms with Crippen molar-refractivity contribution in [2.75, 3.05) is 23.7 Å². The van der Waals surface area contributed by atoms with Crippen LogP contribution in [0, 0.1) is 5.82 Å². The van der Waals surface area contributed by atoms with E-state index < -0.39 is 17.6 Å². The molecule has 32 heavy (non-hydrogen) atoms. The molecule has 2 aromatic carbocycles. The van der Waals surface area contributed by atoms with E-state index in [-0.39, 0.29) is 11.3 Å². The minimum absolute atomic E-state index is 0.00765. The molecule has 2 amide bonds. The molecule has 4 rings (SSSR count). The topological polar surface area (TPSA) is 92.2 Å². The summed E-state index contributed by atoms with van der Waals surface area (Å²) >= 11 is 7.61. The molecule has 0 bridgehead atoms. The van der Waals surface area contributed by atoms with E-state index in [4.69, 9.17) is 11.6 Å². The quantitative estimate of drug-likeness (QED) is 0.421. The van der Waals surface area contributed by atoms with Crippen molar-refractivity contribution in [3.05, 3.63) is 64.9 Å². The number of carbonyl (C=O) groups excluding carboxylic acids is 2. The van der Waals surface area contributed by atoms with E-state index in [9.17, 15) is 14.0 Å². The number of hydrogen-bond acceptors (Lipinski definition) is 6. The number of thioether (sulfide) groups is 1. The minimum atomic E-state index is -0.543. The van der Waals surface area contributed by atoms with Gasteiger partial charge in [0.25, 0.3) is 5.91 Å². The van der Waals surface area contributed by atoms with Gasteiger partial charge in [-0.3, -0.25) is 25.0 Å². The van der Waals surface area contributed by atoms with E-state index in [0.717, 1.165) is 31.6 Å². The van der Waals surface area contributed by atoms with Crippen molar-refractivity contribution < 1.29 is 14.0 Å². The molecular formula is C21H20ClFN6O2S. The number of carbonyl (C=O) groups is 2. The number of hydrogen-bond donors (Lipinski definition) is 2. The van der Waals surface area contributed by atoms with E-state index in [2.05, 4.69) is 25.9 Å². The average Bonchev–Trinajstić information content (AvgIpc) is 3.47. The van der Waals surface area contributed by atoms with Crippen LogP contribution in [0.2, 0.25) is 5.02 Å². The average molecular weight is 475 g/mol. The van der Waals surface area contributed by atoms with Gasteiger partial charge < -0.3 is 4.90 Å². The van der Waals surface area contributed by atoms with Gasteiger partial charge in [-0.05, 0) is 49.2 Å². The summed E-state index contributed by atoms with van der Waals surface area (Å²) < 4.78 is 14.8. The molecular weight excluding hydrogens is 455 g/mol. The minimum Gasteiger partial charge on any atom is -0.341 e. The highest BCUT2D eigenvalue weighted by Gasteiger charge is 2.24. The van der Waals surface area contributed by atoms with Gasteiger partial charge in [0.1, 0.15) is 5.82 Å². The van der Waals surface area contributed by atoms with Crippen molar-refractivity contribution in [1.82, 2.24) is 25.6 Å². The molecule has 11 heteroatoms. The number of nitrogens with zero attached hydrogens (tertiary/aromatic N) is 4. The number of aromatic nitrogens is 3. The molecule has 1 aliphatic rings. The van der Waals surface area contributed by atoms with Crippen LogP contribution >= 0.6 is 23.4 Å². The van der Waals surface area contributed by atoms with E-state index in [0.29, 0.717) is 16.1 Å². The van der Waals surface area contributed by atoms with Crippen LogP contribution in [0.4, 0.5) is 10.3 Å². The van der Waals surface area contributed by atoms with Crippen molar-refractivity contribution in [1.29, 1.82) is 0 Å². The molecule has 0 atom stereocenters. The second-order valence-electron chi connectivity index (χ2n) is 7.06. The summed E-state index contributed by atoms with van der Waals surface area (Å²) in [5, 5.41) is 9.68. The lowest BCUT2D eigenvalue weighted by Crippen LogP contribution is -2.42. The Morgan fingerprint density at radius 2 is 1.75 bits per heavy atom. The van der Waals surface area contributed by atoms with Crippen LogP contribution in [0.5, 0.6) is 0 Å². The number of rotatable bonds is 6. The van der Waals surface area contributed by atoms with Gasteiger partial charge >= 0.3 is 0 Å². The molecule has 0 saturated carbocycles. The number of nitrogens with one attached hydrogen (secondary N) is 2. The number of benzene rings is 2. The molecule has 2 heterocycles. The molecule has 3 aromatic rings. The Bertz CT molecular complexity index is 1120. The predicted octanol–water partition coefficient (Wildman–Crippen LogP) is 3.21. The normalized spacial score (nSPS) is 13.2. The molecule has 0 aliphatic carbocycles. The van der Waals surface area contributed by atoms with Crippen LogP contribution in [0.25, 0.3) is 5.69 Å². The van der Waals surface area contributed by atoms with Gasteiger partial charge in [-0.2, -0.15) is 0 Å². The number of para-hydroxylation sites is 1. The van der Waals surface area contributed by atoms with Crippen molar-refractivity contribution in [3.63, 3.8) is 0 Å². The number of halogens is 2. The van der Waals surface area contributed by atoms with E-state index in [1.54, 1.807) is 6.07 Å². The first kappa shape index (κ1) is 22.1. The zero-order chi connectivity index (χ0) is 22.5. The third-order valence-electron chi connectivity index (χ3n) is 4.85. The fourth-order valence-electron chi connectivity index (χ4n) is 3.29. The van der Waals surface area contributed by atoms with Crippen LogP contribution < -0.4 is 15.8 Å². The molecule has 0 unspecified atom stereocenters. The third kappa shape index (κ3) is 5.03. The second-order valence-corrected chi connectivity index (χ2v) is 8.41. The smallest absolute Gasteiger partial charge is 0.269 e. The van der Waals surface area contributed by atoms with Gasteiger partial charge in [0.05, 0.1) is 16.5 Å². The first-order chi connectivity index (χ1) is 15.5. The molecule has 0 radical (unpaired) electrons. The van der Waals surface area contributed by atoms with Crippen molar-refractivity contribution in [3.8, 4) is 5.69 Å². The van der Waals surface area contributed by atoms with Gasteiger partial charge in [-0.25, -0.2) is 4.39 Å². The van der Waals surface area contributed by atoms with E-state index >= 15 is 0 Å². The Kier molecular flexibility index (Phi) is 6.91. The van der Waals surface area contributed by atoms with Crippen molar-refractivity contribution in [2.24, 2.45) is 0 Å². The Morgan fingerprint density at radius 1 is 1.03 bits per heavy atom. The summed E-state index contributed by atoms with van der Waals surface area (Å²) in [6.07, 6.45) is 2.15. The number of amides is 2. The summed E-state index contributed by atoms with van der Waals surface area (Å²) in [5.41, 5.74) is 5.62. The van der Waals surface area contributed by atoms with E-state index in [1.165, 1.54) is 36.0 Å². The maximum Gasteiger partial charge on any atom is 0.269 e. The van der Waals surface area contributed by atoms with Crippen LogP contribution in [-0.4, -0.2) is 45.4 Å². The van der Waals surface area contributed by atoms with Gasteiger partial charge in [0, 0.05) is 18.7 Å². The molecule has 1 fully saturated rings. The number of hydrazine groups is 1. The van der Waals surface area contributed by atoms with Crippen molar-refractivity contribution >= 4 is 41.1 Å². The highest BCUT2D eigenvalue weighted by atomic mass is 35.5. The monoisotopic (exact) mass is 474 g/mol. The van der Waals surface area contributed by atoms with Gasteiger partial charge in [-0.1, -0.05) is 35.5 Å². The lowest BCUT2D eigenvalue weighted by molar-refractivity contribution is -0.119. The summed E-state index contributed by atoms with van der Waals surface area (Å²) in [4.78, 5) is 26.5. The summed E-state index contributed by atoms with van der Waals surface area (Å²) in [6, 6.07) is 12.4. The SMILES string of the molecule is O=C(CSc1nnc(N2CCCC2)n1-c1ccccc1Cl)NNC(=O)c1ccc(F)cc1. The van der Waals surface area contributed by atoms with Gasteiger partial charge in [0.2, 0.25) is 11.9 Å². The van der Waals surface area contributed by atoms with Crippen LogP contribution in [0.1, 0.15) is 23.2 Å². The van der Waals surface area contributed by atoms with Crippen LogP contribution in [0.3, 0.4) is 0 Å². The molecule has 1 aliphatic heterocycles. The largest absolute Gasteiger partial charge is 0.341 e. The van der Waals surface area contributed by atoms with Gasteiger partial charge in [0.15, 0.2) is 5.16 Å². The highest BCUT2D eigenvalue weighted by Crippen LogP contribution is 2.31. The molecule has 1 saturated heterocycles. The molecule has 0 spiro atoms. The maximum absolute atomic E-state index is 13.0. The second kappa shape index (κ2) is 10.0. The fraction of sp³-hybridized carbons (Fsp3) is 0.238. The maximum atomic E-state index is 13.0. The highest BCUT2D eigenvalue weighted by molar-refractivity contribution is 7.99. The number of anilines is 1. The fourth-order valence-corrected chi connectivity index (χ4v) is 4.25. The molecule has 2 N–H and O–H groups in total. The zero-order valence-corrected chi connectivity index (χ0v) is 18.5. The standard InChI is InChI=1S/C21H20ClFN6O2S/c22-16-5-1-2-6-17(16)29-20(28-11-3-4-12-28)26-27-21(29)32-13-18(30)24-25-19(31)14-7-9-15(23)10-8-14/h1-2,5-10H,3-4,11-13H2,(H,24,30)(H,25,31). The molecule has 166 valence electrons. The Balaban J connectivity index is 1.43. The zero-order valence-electron chi connectivity index (χ0n) is 16.9. The summed E-state index contributed by atoms with van der Waals surface area (Å²) in [5.74, 6) is -0.742. The summed E-state index contributed by atoms with van der Waals surface area (Å²) in [7, 11) is 0. The Morgan fingerprint density at radius 3 is 2.47 bits per heavy atom. The lowest BCUT2D eigenvalue weighted by Gasteiger charge is -2.19. The lowest BCUT2D eigenvalue weighted by atomic mass is 10.2. The van der Waals surface area contributed by atoms with Crippen LogP contribution in [0.15, 0.2) is 53.7 Å². The summed E-state index contributed by atoms with van der Waals surface area (Å²) in [6.45, 7) is 1.76. The predicted molar refractivity (Wildman–Crippen MR) is 121 cm³/mol. The van der Waals surface area contributed by atoms with E-state index in [1.807, 2.05) is 22.8 Å². The molecule has 1 aromatic heterocycles. The first-order valence-electron chi connectivity index (χ1n) is 9.96. The van der Waals surface area contributed by atoms with Crippen molar-refractivity contribution in [2.45, 2.75) is 18.0 Å². The van der Waals surface area contributed by atoms with Gasteiger partial charge in [-0.15, -0.1) is 10.2 Å². The Labute approximate surface area is 193 Å².